The predicted molar refractivity (Wildman–Crippen MR) is 77.6 cm³/mol. The highest BCUT2D eigenvalue weighted by Crippen LogP contribution is 2.42. The van der Waals surface area contributed by atoms with E-state index in [1.165, 1.54) is 32.1 Å². The van der Waals surface area contributed by atoms with E-state index in [2.05, 4.69) is 15.5 Å². The molecular weight excluding hydrogens is 252 g/mol. The number of carbonyl (C=O) groups is 1. The summed E-state index contributed by atoms with van der Waals surface area (Å²) >= 11 is 0. The van der Waals surface area contributed by atoms with Crippen LogP contribution in [-0.2, 0) is 11.3 Å². The Morgan fingerprint density at radius 2 is 2.10 bits per heavy atom. The summed E-state index contributed by atoms with van der Waals surface area (Å²) in [6.45, 7) is 0.478. The minimum Gasteiger partial charge on any atom is -0.384 e. The lowest BCUT2D eigenvalue weighted by molar-refractivity contribution is -0.127. The largest absolute Gasteiger partial charge is 0.384 e. The fourth-order valence-corrected chi connectivity index (χ4v) is 3.90. The van der Waals surface area contributed by atoms with E-state index in [1.54, 1.807) is 6.20 Å². The van der Waals surface area contributed by atoms with Gasteiger partial charge in [0.25, 0.3) is 0 Å². The second-order valence-corrected chi connectivity index (χ2v) is 6.34. The highest BCUT2D eigenvalue weighted by molar-refractivity contribution is 5.78. The number of nitrogens with zero attached hydrogens (tertiary/aromatic N) is 1. The Morgan fingerprint density at radius 3 is 2.85 bits per heavy atom. The van der Waals surface area contributed by atoms with Crippen LogP contribution in [0.15, 0.2) is 6.20 Å². The quantitative estimate of drug-likeness (QED) is 0.791. The maximum atomic E-state index is 12.3. The average molecular weight is 276 g/mol. The van der Waals surface area contributed by atoms with E-state index in [-0.39, 0.29) is 11.8 Å². The van der Waals surface area contributed by atoms with E-state index in [1.807, 2.05) is 0 Å². The molecule has 5 heteroatoms. The number of amides is 1. The molecule has 4 N–H and O–H groups in total. The molecule has 5 nitrogen and oxygen atoms in total. The first-order valence-electron chi connectivity index (χ1n) is 7.79. The van der Waals surface area contributed by atoms with Crippen molar-refractivity contribution in [1.82, 2.24) is 15.5 Å². The summed E-state index contributed by atoms with van der Waals surface area (Å²) in [6.07, 6.45) is 10.5. The van der Waals surface area contributed by atoms with Crippen molar-refractivity contribution >= 4 is 11.7 Å². The van der Waals surface area contributed by atoms with Crippen LogP contribution < -0.4 is 11.1 Å². The first-order chi connectivity index (χ1) is 9.74. The van der Waals surface area contributed by atoms with E-state index >= 15 is 0 Å². The Labute approximate surface area is 119 Å². The molecule has 1 amide bonds. The number of nitrogen functional groups attached to an aromatic ring is 1. The van der Waals surface area contributed by atoms with Crippen LogP contribution in [0.4, 0.5) is 5.82 Å². The molecule has 2 aliphatic carbocycles. The maximum absolute atomic E-state index is 12.3. The molecule has 1 aromatic rings. The van der Waals surface area contributed by atoms with Gasteiger partial charge in [-0.1, -0.05) is 25.7 Å². The number of H-pyrrole nitrogens is 1. The van der Waals surface area contributed by atoms with Crippen molar-refractivity contribution in [2.75, 3.05) is 5.73 Å². The molecule has 20 heavy (non-hydrogen) atoms. The van der Waals surface area contributed by atoms with Crippen LogP contribution >= 0.6 is 0 Å². The molecular formula is C15H24N4O. The Hall–Kier alpha value is -1.52. The molecule has 0 aliphatic heterocycles. The van der Waals surface area contributed by atoms with Gasteiger partial charge in [0.05, 0.1) is 6.20 Å². The second kappa shape index (κ2) is 5.85. The molecule has 0 spiro atoms. The van der Waals surface area contributed by atoms with Crippen LogP contribution in [0.2, 0.25) is 0 Å². The summed E-state index contributed by atoms with van der Waals surface area (Å²) in [6, 6.07) is 0. The highest BCUT2D eigenvalue weighted by Gasteiger charge is 2.34. The zero-order chi connectivity index (χ0) is 13.9. The van der Waals surface area contributed by atoms with Crippen molar-refractivity contribution in [1.29, 1.82) is 0 Å². The number of carbonyl (C=O) groups excluding carboxylic acids is 1. The Bertz CT molecular complexity index is 470. The SMILES string of the molecule is Nc1[nH]ncc1CNC(=O)C1CCC2CCCCC2C1. The Balaban J connectivity index is 1.51. The molecule has 0 radical (unpaired) electrons. The standard InChI is InChI=1S/C15H24N4O/c16-14-13(9-18-19-14)8-17-15(20)12-6-5-10-3-1-2-4-11(10)7-12/h9-12H,1-8H2,(H,17,20)(H3,16,18,19). The van der Waals surface area contributed by atoms with Gasteiger partial charge in [-0.3, -0.25) is 9.89 Å². The fourth-order valence-electron chi connectivity index (χ4n) is 3.90. The molecule has 3 rings (SSSR count). The molecule has 3 unspecified atom stereocenters. The summed E-state index contributed by atoms with van der Waals surface area (Å²) in [4.78, 5) is 12.3. The molecule has 1 aromatic heterocycles. The maximum Gasteiger partial charge on any atom is 0.223 e. The third-order valence-electron chi connectivity index (χ3n) is 5.11. The number of nitrogens with two attached hydrogens (primary N) is 1. The molecule has 0 aromatic carbocycles. The smallest absolute Gasteiger partial charge is 0.223 e. The zero-order valence-electron chi connectivity index (χ0n) is 11.9. The van der Waals surface area contributed by atoms with Crippen LogP contribution in [0.5, 0.6) is 0 Å². The van der Waals surface area contributed by atoms with Crippen molar-refractivity contribution < 1.29 is 4.79 Å². The molecule has 2 fully saturated rings. The van der Waals surface area contributed by atoms with Gasteiger partial charge >= 0.3 is 0 Å². The van der Waals surface area contributed by atoms with Gasteiger partial charge in [0.15, 0.2) is 0 Å². The van der Waals surface area contributed by atoms with E-state index in [9.17, 15) is 4.79 Å². The van der Waals surface area contributed by atoms with Crippen molar-refractivity contribution in [2.45, 2.75) is 51.5 Å². The van der Waals surface area contributed by atoms with Gasteiger partial charge in [0, 0.05) is 18.0 Å². The molecule has 1 heterocycles. The minimum absolute atomic E-state index is 0.189. The molecule has 2 aliphatic rings. The van der Waals surface area contributed by atoms with E-state index in [0.29, 0.717) is 12.4 Å². The van der Waals surface area contributed by atoms with Crippen LogP contribution in [0.25, 0.3) is 0 Å². The van der Waals surface area contributed by atoms with Gasteiger partial charge in [0.2, 0.25) is 5.91 Å². The number of hydrogen-bond donors (Lipinski definition) is 3. The van der Waals surface area contributed by atoms with E-state index in [0.717, 1.165) is 30.2 Å². The average Bonchev–Trinajstić information content (AvgIpc) is 2.89. The van der Waals surface area contributed by atoms with Crippen LogP contribution in [0.1, 0.15) is 50.5 Å². The van der Waals surface area contributed by atoms with Gasteiger partial charge in [-0.2, -0.15) is 5.10 Å². The Kier molecular flexibility index (Phi) is 3.94. The first-order valence-corrected chi connectivity index (χ1v) is 7.79. The number of anilines is 1. The van der Waals surface area contributed by atoms with Crippen LogP contribution in [-0.4, -0.2) is 16.1 Å². The number of hydrogen-bond acceptors (Lipinski definition) is 3. The summed E-state index contributed by atoms with van der Waals surface area (Å²) < 4.78 is 0. The van der Waals surface area contributed by atoms with Gasteiger partial charge in [-0.05, 0) is 31.1 Å². The molecule has 110 valence electrons. The van der Waals surface area contributed by atoms with Crippen molar-refractivity contribution in [3.63, 3.8) is 0 Å². The number of fused-ring (bicyclic) bond motifs is 1. The lowest BCUT2D eigenvalue weighted by Crippen LogP contribution is -2.37. The van der Waals surface area contributed by atoms with Crippen molar-refractivity contribution in [3.05, 3.63) is 11.8 Å². The topological polar surface area (TPSA) is 83.8 Å². The van der Waals surface area contributed by atoms with Crippen LogP contribution in [0.3, 0.4) is 0 Å². The summed E-state index contributed by atoms with van der Waals surface area (Å²) in [5, 5.41) is 9.56. The summed E-state index contributed by atoms with van der Waals surface area (Å²) in [7, 11) is 0. The van der Waals surface area contributed by atoms with Crippen molar-refractivity contribution in [2.24, 2.45) is 17.8 Å². The van der Waals surface area contributed by atoms with Crippen LogP contribution in [0, 0.1) is 17.8 Å². The predicted octanol–water partition coefficient (Wildman–Crippen LogP) is 2.21. The number of nitrogens with one attached hydrogen (secondary N) is 2. The van der Waals surface area contributed by atoms with Gasteiger partial charge in [-0.25, -0.2) is 0 Å². The summed E-state index contributed by atoms with van der Waals surface area (Å²) in [5.41, 5.74) is 6.59. The van der Waals surface area contributed by atoms with E-state index in [4.69, 9.17) is 5.73 Å². The first kappa shape index (κ1) is 13.5. The fraction of sp³-hybridized carbons (Fsp3) is 0.733. The lowest BCUT2D eigenvalue weighted by atomic mass is 9.67. The monoisotopic (exact) mass is 276 g/mol. The molecule has 0 bridgehead atoms. The number of rotatable bonds is 3. The van der Waals surface area contributed by atoms with Gasteiger partial charge < -0.3 is 11.1 Å². The lowest BCUT2D eigenvalue weighted by Gasteiger charge is -2.38. The molecule has 3 atom stereocenters. The van der Waals surface area contributed by atoms with Crippen molar-refractivity contribution in [3.8, 4) is 0 Å². The summed E-state index contributed by atoms with van der Waals surface area (Å²) in [5.74, 6) is 2.60. The third kappa shape index (κ3) is 2.81. The number of aromatic amines is 1. The molecule has 2 saturated carbocycles. The third-order valence-corrected chi connectivity index (χ3v) is 5.11. The number of aromatic nitrogens is 2. The zero-order valence-corrected chi connectivity index (χ0v) is 11.9. The van der Waals surface area contributed by atoms with E-state index < -0.39 is 0 Å². The van der Waals surface area contributed by atoms with Gasteiger partial charge in [0.1, 0.15) is 5.82 Å². The molecule has 0 saturated heterocycles. The Morgan fingerprint density at radius 1 is 1.30 bits per heavy atom. The second-order valence-electron chi connectivity index (χ2n) is 6.34. The highest BCUT2D eigenvalue weighted by atomic mass is 16.1. The van der Waals surface area contributed by atoms with Gasteiger partial charge in [-0.15, -0.1) is 0 Å². The minimum atomic E-state index is 0.189. The normalized spacial score (nSPS) is 29.7.